The fourth-order valence-corrected chi connectivity index (χ4v) is 4.63. The van der Waals surface area contributed by atoms with Crippen molar-refractivity contribution in [2.75, 3.05) is 12.3 Å². The first-order chi connectivity index (χ1) is 10.2. The standard InChI is InChI=1S/C17H25BrFNS/c1-2-9-20-14(12-21-15-5-3-4-6-15)10-13-7-8-17(19)16(18)11-13/h7-8,11,14-15,20H,2-6,9-10,12H2,1H3. The van der Waals surface area contributed by atoms with Crippen LogP contribution in [0, 0.1) is 5.82 Å². The summed E-state index contributed by atoms with van der Waals surface area (Å²) in [4.78, 5) is 0. The van der Waals surface area contributed by atoms with E-state index in [4.69, 9.17) is 0 Å². The van der Waals surface area contributed by atoms with Crippen LogP contribution in [0.25, 0.3) is 0 Å². The van der Waals surface area contributed by atoms with E-state index in [1.165, 1.54) is 31.2 Å². The SMILES string of the molecule is CCCNC(CSC1CCCC1)Cc1ccc(F)c(Br)c1. The minimum atomic E-state index is -0.183. The predicted molar refractivity (Wildman–Crippen MR) is 94.6 cm³/mol. The molecule has 1 aliphatic carbocycles. The number of nitrogens with one attached hydrogen (secondary N) is 1. The van der Waals surface area contributed by atoms with Gasteiger partial charge in [-0.15, -0.1) is 0 Å². The van der Waals surface area contributed by atoms with Gasteiger partial charge in [0.1, 0.15) is 5.82 Å². The summed E-state index contributed by atoms with van der Waals surface area (Å²) in [5.41, 5.74) is 1.20. The zero-order chi connectivity index (χ0) is 15.1. The maximum Gasteiger partial charge on any atom is 0.137 e. The average Bonchev–Trinajstić information content (AvgIpc) is 2.99. The van der Waals surface area contributed by atoms with Gasteiger partial charge in [0, 0.05) is 17.0 Å². The van der Waals surface area contributed by atoms with Crippen LogP contribution in [-0.4, -0.2) is 23.6 Å². The monoisotopic (exact) mass is 373 g/mol. The second-order valence-corrected chi connectivity index (χ2v) is 8.03. The normalized spacial score (nSPS) is 17.3. The number of rotatable bonds is 8. The molecule has 4 heteroatoms. The lowest BCUT2D eigenvalue weighted by Crippen LogP contribution is -2.34. The van der Waals surface area contributed by atoms with Crippen molar-refractivity contribution < 1.29 is 4.39 Å². The topological polar surface area (TPSA) is 12.0 Å². The van der Waals surface area contributed by atoms with Gasteiger partial charge >= 0.3 is 0 Å². The van der Waals surface area contributed by atoms with E-state index in [-0.39, 0.29) is 5.82 Å². The molecule has 1 aliphatic rings. The van der Waals surface area contributed by atoms with Crippen LogP contribution in [0.1, 0.15) is 44.6 Å². The average molecular weight is 374 g/mol. The summed E-state index contributed by atoms with van der Waals surface area (Å²) >= 11 is 5.40. The zero-order valence-corrected chi connectivity index (χ0v) is 15.1. The van der Waals surface area contributed by atoms with Gasteiger partial charge in [0.25, 0.3) is 0 Å². The highest BCUT2D eigenvalue weighted by Crippen LogP contribution is 2.30. The lowest BCUT2D eigenvalue weighted by atomic mass is 10.1. The van der Waals surface area contributed by atoms with E-state index in [1.54, 1.807) is 6.07 Å². The largest absolute Gasteiger partial charge is 0.313 e. The Morgan fingerprint density at radius 3 is 2.81 bits per heavy atom. The highest BCUT2D eigenvalue weighted by molar-refractivity contribution is 9.10. The first-order valence-electron chi connectivity index (χ1n) is 7.98. The smallest absolute Gasteiger partial charge is 0.137 e. The lowest BCUT2D eigenvalue weighted by Gasteiger charge is -2.20. The van der Waals surface area contributed by atoms with Crippen LogP contribution in [0.4, 0.5) is 4.39 Å². The third-order valence-electron chi connectivity index (χ3n) is 3.98. The summed E-state index contributed by atoms with van der Waals surface area (Å²) in [6.07, 6.45) is 7.68. The Morgan fingerprint density at radius 1 is 1.38 bits per heavy atom. The zero-order valence-electron chi connectivity index (χ0n) is 12.7. The Kier molecular flexibility index (Phi) is 7.55. The van der Waals surface area contributed by atoms with Gasteiger partial charge in [-0.3, -0.25) is 0 Å². The number of hydrogen-bond donors (Lipinski definition) is 1. The minimum Gasteiger partial charge on any atom is -0.313 e. The van der Waals surface area contributed by atoms with Crippen LogP contribution in [-0.2, 0) is 6.42 Å². The molecule has 118 valence electrons. The number of benzene rings is 1. The van der Waals surface area contributed by atoms with E-state index in [2.05, 4.69) is 39.9 Å². The summed E-state index contributed by atoms with van der Waals surface area (Å²) in [6, 6.07) is 5.85. The Hall–Kier alpha value is -0.0600. The Morgan fingerprint density at radius 2 is 2.14 bits per heavy atom. The molecule has 1 unspecified atom stereocenters. The van der Waals surface area contributed by atoms with Crippen molar-refractivity contribution in [1.82, 2.24) is 5.32 Å². The van der Waals surface area contributed by atoms with Gasteiger partial charge in [0.05, 0.1) is 4.47 Å². The van der Waals surface area contributed by atoms with E-state index in [0.717, 1.165) is 30.4 Å². The van der Waals surface area contributed by atoms with Crippen molar-refractivity contribution in [2.24, 2.45) is 0 Å². The van der Waals surface area contributed by atoms with Crippen LogP contribution in [0.3, 0.4) is 0 Å². The first-order valence-corrected chi connectivity index (χ1v) is 9.82. The fourth-order valence-electron chi connectivity index (χ4n) is 2.80. The number of hydrogen-bond acceptors (Lipinski definition) is 2. The molecule has 0 heterocycles. The third-order valence-corrected chi connectivity index (χ3v) is 6.13. The molecule has 0 aromatic heterocycles. The van der Waals surface area contributed by atoms with Crippen LogP contribution >= 0.6 is 27.7 Å². The minimum absolute atomic E-state index is 0.183. The van der Waals surface area contributed by atoms with Gasteiger partial charge in [0.15, 0.2) is 0 Å². The Bertz CT molecular complexity index is 435. The van der Waals surface area contributed by atoms with E-state index < -0.39 is 0 Å². The van der Waals surface area contributed by atoms with Gasteiger partial charge in [-0.25, -0.2) is 4.39 Å². The summed E-state index contributed by atoms with van der Waals surface area (Å²) in [7, 11) is 0. The van der Waals surface area contributed by atoms with Gasteiger partial charge in [-0.1, -0.05) is 25.8 Å². The van der Waals surface area contributed by atoms with Crippen molar-refractivity contribution in [3.05, 3.63) is 34.1 Å². The van der Waals surface area contributed by atoms with Crippen LogP contribution in [0.2, 0.25) is 0 Å². The molecule has 1 aromatic carbocycles. The molecule has 0 amide bonds. The molecule has 1 fully saturated rings. The fraction of sp³-hybridized carbons (Fsp3) is 0.647. The first kappa shape index (κ1) is 17.3. The Labute approximate surface area is 140 Å². The van der Waals surface area contributed by atoms with Crippen molar-refractivity contribution >= 4 is 27.7 Å². The maximum atomic E-state index is 13.3. The molecule has 2 rings (SSSR count). The quantitative estimate of drug-likeness (QED) is 0.673. The third kappa shape index (κ3) is 5.91. The maximum absolute atomic E-state index is 13.3. The molecule has 1 atom stereocenters. The second kappa shape index (κ2) is 9.16. The molecule has 21 heavy (non-hydrogen) atoms. The van der Waals surface area contributed by atoms with Gasteiger partial charge in [0.2, 0.25) is 0 Å². The van der Waals surface area contributed by atoms with Crippen LogP contribution in [0.5, 0.6) is 0 Å². The molecule has 1 N–H and O–H groups in total. The molecular weight excluding hydrogens is 349 g/mol. The van der Waals surface area contributed by atoms with Crippen molar-refractivity contribution in [3.8, 4) is 0 Å². The van der Waals surface area contributed by atoms with Crippen molar-refractivity contribution in [1.29, 1.82) is 0 Å². The lowest BCUT2D eigenvalue weighted by molar-refractivity contribution is 0.548. The number of thioether (sulfide) groups is 1. The summed E-state index contributed by atoms with van der Waals surface area (Å²) in [6.45, 7) is 3.25. The molecular formula is C17H25BrFNS. The molecule has 0 radical (unpaired) electrons. The molecule has 0 spiro atoms. The summed E-state index contributed by atoms with van der Waals surface area (Å²) < 4.78 is 13.9. The summed E-state index contributed by atoms with van der Waals surface area (Å²) in [5, 5.41) is 4.50. The predicted octanol–water partition coefficient (Wildman–Crippen LogP) is 5.17. The second-order valence-electron chi connectivity index (χ2n) is 5.84. The van der Waals surface area contributed by atoms with E-state index >= 15 is 0 Å². The van der Waals surface area contributed by atoms with Crippen LogP contribution in [0.15, 0.2) is 22.7 Å². The van der Waals surface area contributed by atoms with E-state index in [0.29, 0.717) is 10.5 Å². The number of halogens is 2. The summed E-state index contributed by atoms with van der Waals surface area (Å²) in [5.74, 6) is 0.969. The molecule has 1 saturated carbocycles. The molecule has 0 aliphatic heterocycles. The molecule has 0 bridgehead atoms. The highest BCUT2D eigenvalue weighted by atomic mass is 79.9. The molecule has 1 aromatic rings. The van der Waals surface area contributed by atoms with E-state index in [1.807, 2.05) is 12.1 Å². The van der Waals surface area contributed by atoms with Gasteiger partial charge < -0.3 is 5.32 Å². The molecule has 0 saturated heterocycles. The van der Waals surface area contributed by atoms with Crippen molar-refractivity contribution in [3.63, 3.8) is 0 Å². The van der Waals surface area contributed by atoms with Crippen molar-refractivity contribution in [2.45, 2.75) is 56.7 Å². The van der Waals surface area contributed by atoms with Gasteiger partial charge in [-0.05, 0) is 65.9 Å². The Balaban J connectivity index is 1.89. The van der Waals surface area contributed by atoms with Crippen LogP contribution < -0.4 is 5.32 Å². The van der Waals surface area contributed by atoms with Gasteiger partial charge in [-0.2, -0.15) is 11.8 Å². The highest BCUT2D eigenvalue weighted by Gasteiger charge is 2.18. The molecule has 1 nitrogen and oxygen atoms in total. The van der Waals surface area contributed by atoms with E-state index in [9.17, 15) is 4.39 Å².